The maximum atomic E-state index is 13.5. The van der Waals surface area contributed by atoms with Gasteiger partial charge < -0.3 is 10.2 Å². The molecule has 0 aromatic heterocycles. The molecule has 6 heteroatoms. The number of hydrogen-bond donors (Lipinski definition) is 2. The Balaban J connectivity index is 1.92. The molecule has 5 nitrogen and oxygen atoms in total. The molecule has 4 rings (SSSR count). The summed E-state index contributed by atoms with van der Waals surface area (Å²) in [6.07, 6.45) is 0. The van der Waals surface area contributed by atoms with Gasteiger partial charge in [0.05, 0.1) is 6.04 Å². The molecule has 0 unspecified atom stereocenters. The highest BCUT2D eigenvalue weighted by Gasteiger charge is 2.45. The number of hydrogen-bond acceptors (Lipinski definition) is 4. The van der Waals surface area contributed by atoms with Gasteiger partial charge in [0.25, 0.3) is 0 Å². The molecule has 1 aliphatic rings. The third kappa shape index (κ3) is 2.78. The zero-order valence-electron chi connectivity index (χ0n) is 14.6. The Kier molecular flexibility index (Phi) is 4.17. The molecule has 0 saturated heterocycles. The van der Waals surface area contributed by atoms with Gasteiger partial charge in [0.2, 0.25) is 10.0 Å². The van der Waals surface area contributed by atoms with Crippen molar-refractivity contribution in [1.82, 2.24) is 4.31 Å². The van der Waals surface area contributed by atoms with Crippen LogP contribution in [-0.2, 0) is 10.0 Å². The van der Waals surface area contributed by atoms with Crippen LogP contribution in [0.5, 0.6) is 11.5 Å². The average molecular weight is 381 g/mol. The lowest BCUT2D eigenvalue weighted by Crippen LogP contribution is -2.32. The predicted molar refractivity (Wildman–Crippen MR) is 102 cm³/mol. The molecule has 0 bridgehead atoms. The van der Waals surface area contributed by atoms with Gasteiger partial charge in [-0.1, -0.05) is 54.6 Å². The van der Waals surface area contributed by atoms with E-state index in [1.165, 1.54) is 16.4 Å². The highest BCUT2D eigenvalue weighted by molar-refractivity contribution is 7.89. The lowest BCUT2D eigenvalue weighted by molar-refractivity contribution is 0.329. The van der Waals surface area contributed by atoms with Crippen LogP contribution in [0.3, 0.4) is 0 Å². The summed E-state index contributed by atoms with van der Waals surface area (Å²) in [5, 5.41) is 19.7. The van der Waals surface area contributed by atoms with E-state index >= 15 is 0 Å². The number of sulfonamides is 1. The van der Waals surface area contributed by atoms with E-state index in [9.17, 15) is 18.6 Å². The smallest absolute Gasteiger partial charge is 0.248 e. The molecule has 0 fully saturated rings. The van der Waals surface area contributed by atoms with Crippen molar-refractivity contribution in [2.24, 2.45) is 0 Å². The van der Waals surface area contributed by atoms with Crippen molar-refractivity contribution < 1.29 is 18.6 Å². The SMILES string of the molecule is C[C@@H]1c2ccccc2[C@@H](c2ccccc2)N1S(=O)(=O)c1ccc(O)cc1O. The monoisotopic (exact) mass is 381 g/mol. The van der Waals surface area contributed by atoms with Crippen LogP contribution in [0.1, 0.15) is 35.7 Å². The summed E-state index contributed by atoms with van der Waals surface area (Å²) in [5.74, 6) is -0.659. The van der Waals surface area contributed by atoms with E-state index in [0.29, 0.717) is 0 Å². The zero-order valence-corrected chi connectivity index (χ0v) is 15.5. The van der Waals surface area contributed by atoms with Gasteiger partial charge in [-0.05, 0) is 35.7 Å². The second-order valence-electron chi connectivity index (χ2n) is 6.61. The van der Waals surface area contributed by atoms with Crippen molar-refractivity contribution in [3.63, 3.8) is 0 Å². The molecule has 1 heterocycles. The Morgan fingerprint density at radius 2 is 1.48 bits per heavy atom. The maximum absolute atomic E-state index is 13.5. The Morgan fingerprint density at radius 1 is 0.852 bits per heavy atom. The summed E-state index contributed by atoms with van der Waals surface area (Å²) in [5.41, 5.74) is 2.72. The largest absolute Gasteiger partial charge is 0.508 e. The third-order valence-electron chi connectivity index (χ3n) is 4.99. The summed E-state index contributed by atoms with van der Waals surface area (Å²) < 4.78 is 28.5. The standard InChI is InChI=1S/C21H19NO4S/c1-14-17-9-5-6-10-18(17)21(15-7-3-2-4-8-15)22(14)27(25,26)20-12-11-16(23)13-19(20)24/h2-14,21,23-24H,1H3/t14-,21-/m1/s1. The molecule has 27 heavy (non-hydrogen) atoms. The van der Waals surface area contributed by atoms with Crippen LogP contribution in [0, 0.1) is 0 Å². The van der Waals surface area contributed by atoms with Gasteiger partial charge in [0.15, 0.2) is 0 Å². The first-order valence-electron chi connectivity index (χ1n) is 8.60. The topological polar surface area (TPSA) is 77.8 Å². The van der Waals surface area contributed by atoms with Crippen molar-refractivity contribution in [2.45, 2.75) is 23.9 Å². The first kappa shape index (κ1) is 17.6. The highest BCUT2D eigenvalue weighted by Crippen LogP contribution is 2.49. The molecule has 0 saturated carbocycles. The molecular formula is C21H19NO4S. The van der Waals surface area contributed by atoms with Crippen molar-refractivity contribution in [1.29, 1.82) is 0 Å². The molecule has 1 aliphatic heterocycles. The molecule has 0 aliphatic carbocycles. The van der Waals surface area contributed by atoms with Crippen molar-refractivity contribution in [2.75, 3.05) is 0 Å². The minimum absolute atomic E-state index is 0.191. The van der Waals surface area contributed by atoms with Crippen LogP contribution < -0.4 is 0 Å². The normalized spacial score (nSPS) is 19.7. The zero-order chi connectivity index (χ0) is 19.2. The van der Waals surface area contributed by atoms with Gasteiger partial charge in [-0.2, -0.15) is 4.31 Å². The fourth-order valence-electron chi connectivity index (χ4n) is 3.78. The number of phenols is 2. The molecule has 0 amide bonds. The second-order valence-corrected chi connectivity index (χ2v) is 8.42. The van der Waals surface area contributed by atoms with Crippen LogP contribution in [0.15, 0.2) is 77.7 Å². The highest BCUT2D eigenvalue weighted by atomic mass is 32.2. The van der Waals surface area contributed by atoms with Gasteiger partial charge in [-0.15, -0.1) is 0 Å². The van der Waals surface area contributed by atoms with Gasteiger partial charge in [-0.3, -0.25) is 0 Å². The molecule has 0 spiro atoms. The van der Waals surface area contributed by atoms with E-state index in [1.807, 2.05) is 61.5 Å². The quantitative estimate of drug-likeness (QED) is 0.720. The molecule has 3 aromatic carbocycles. The van der Waals surface area contributed by atoms with E-state index < -0.39 is 27.9 Å². The molecule has 2 N–H and O–H groups in total. The Hall–Kier alpha value is -2.83. The molecular weight excluding hydrogens is 362 g/mol. The van der Waals surface area contributed by atoms with Crippen LogP contribution in [0.25, 0.3) is 0 Å². The number of rotatable bonds is 3. The molecule has 138 valence electrons. The van der Waals surface area contributed by atoms with Gasteiger partial charge in [0, 0.05) is 12.1 Å². The minimum atomic E-state index is -4.03. The summed E-state index contributed by atoms with van der Waals surface area (Å²) in [4.78, 5) is -0.221. The number of fused-ring (bicyclic) bond motifs is 1. The Bertz CT molecular complexity index is 1100. The first-order valence-corrected chi connectivity index (χ1v) is 10.0. The number of phenolic OH excluding ortho intramolecular Hbond substituents is 2. The van der Waals surface area contributed by atoms with Gasteiger partial charge in [-0.25, -0.2) is 8.42 Å². The summed E-state index contributed by atoms with van der Waals surface area (Å²) in [6.45, 7) is 1.84. The predicted octanol–water partition coefficient (Wildman–Crippen LogP) is 3.95. The van der Waals surface area contributed by atoms with Crippen LogP contribution in [0.4, 0.5) is 0 Å². The number of benzene rings is 3. The van der Waals surface area contributed by atoms with E-state index in [-0.39, 0.29) is 10.6 Å². The summed E-state index contributed by atoms with van der Waals surface area (Å²) >= 11 is 0. The summed E-state index contributed by atoms with van der Waals surface area (Å²) in [6, 6.07) is 19.8. The van der Waals surface area contributed by atoms with E-state index in [2.05, 4.69) is 0 Å². The van der Waals surface area contributed by atoms with E-state index in [0.717, 1.165) is 22.8 Å². The second kappa shape index (κ2) is 6.40. The van der Waals surface area contributed by atoms with Crippen LogP contribution in [0.2, 0.25) is 0 Å². The lowest BCUT2D eigenvalue weighted by atomic mass is 9.98. The third-order valence-corrected chi connectivity index (χ3v) is 6.97. The van der Waals surface area contributed by atoms with Crippen molar-refractivity contribution in [3.05, 3.63) is 89.5 Å². The molecule has 2 atom stereocenters. The van der Waals surface area contributed by atoms with Crippen molar-refractivity contribution >= 4 is 10.0 Å². The van der Waals surface area contributed by atoms with Crippen LogP contribution in [-0.4, -0.2) is 22.9 Å². The van der Waals surface area contributed by atoms with E-state index in [4.69, 9.17) is 0 Å². The fraction of sp³-hybridized carbons (Fsp3) is 0.143. The Morgan fingerprint density at radius 3 is 2.15 bits per heavy atom. The number of aromatic hydroxyl groups is 2. The van der Waals surface area contributed by atoms with Crippen molar-refractivity contribution in [3.8, 4) is 11.5 Å². The summed E-state index contributed by atoms with van der Waals surface area (Å²) in [7, 11) is -4.03. The number of nitrogens with zero attached hydrogens (tertiary/aromatic N) is 1. The fourth-order valence-corrected chi connectivity index (χ4v) is 5.62. The van der Waals surface area contributed by atoms with E-state index in [1.54, 1.807) is 0 Å². The lowest BCUT2D eigenvalue weighted by Gasteiger charge is -2.28. The minimum Gasteiger partial charge on any atom is -0.508 e. The maximum Gasteiger partial charge on any atom is 0.248 e. The first-order chi connectivity index (χ1) is 12.9. The Labute approximate surface area is 158 Å². The average Bonchev–Trinajstić information content (AvgIpc) is 2.96. The molecule has 3 aromatic rings. The van der Waals surface area contributed by atoms with Gasteiger partial charge in [0.1, 0.15) is 16.4 Å². The van der Waals surface area contributed by atoms with Gasteiger partial charge >= 0.3 is 0 Å². The van der Waals surface area contributed by atoms with Crippen LogP contribution >= 0.6 is 0 Å². The molecule has 0 radical (unpaired) electrons.